The van der Waals surface area contributed by atoms with Crippen molar-refractivity contribution in [2.24, 2.45) is 0 Å². The molecule has 0 bridgehead atoms. The van der Waals surface area contributed by atoms with Crippen molar-refractivity contribution in [1.29, 1.82) is 0 Å². The highest BCUT2D eigenvalue weighted by Crippen LogP contribution is 2.42. The maximum atomic E-state index is 12.6. The molecule has 2 aromatic rings. The number of ether oxygens (including phenoxy) is 1. The number of rotatable bonds is 1. The Labute approximate surface area is 108 Å². The summed E-state index contributed by atoms with van der Waals surface area (Å²) in [5.74, 6) is -0.465. The fourth-order valence-corrected chi connectivity index (χ4v) is 2.02. The summed E-state index contributed by atoms with van der Waals surface area (Å²) in [5.41, 5.74) is -1.19. The topological polar surface area (TPSA) is 42.4 Å². The Morgan fingerprint density at radius 3 is 2.56 bits per heavy atom. The molecular weight excluding hydrogens is 315 g/mol. The molecule has 96 valence electrons. The molecule has 0 saturated heterocycles. The SMILES string of the molecule is COc1ccc2nc(C(F)(F)F)c(O)c(Br)c2c1. The third-order valence-electron chi connectivity index (χ3n) is 2.37. The van der Waals surface area contributed by atoms with Gasteiger partial charge in [0.15, 0.2) is 11.4 Å². The molecule has 1 aromatic heterocycles. The first-order valence-corrected chi connectivity index (χ1v) is 5.57. The van der Waals surface area contributed by atoms with E-state index in [4.69, 9.17) is 4.74 Å². The van der Waals surface area contributed by atoms with E-state index in [1.54, 1.807) is 0 Å². The highest BCUT2D eigenvalue weighted by atomic mass is 79.9. The summed E-state index contributed by atoms with van der Waals surface area (Å²) in [7, 11) is 1.44. The van der Waals surface area contributed by atoms with E-state index >= 15 is 0 Å². The van der Waals surface area contributed by atoms with Gasteiger partial charge >= 0.3 is 6.18 Å². The van der Waals surface area contributed by atoms with Gasteiger partial charge in [0.05, 0.1) is 17.1 Å². The van der Waals surface area contributed by atoms with Crippen molar-refractivity contribution in [2.75, 3.05) is 7.11 Å². The molecule has 0 amide bonds. The van der Waals surface area contributed by atoms with Gasteiger partial charge in [-0.2, -0.15) is 13.2 Å². The highest BCUT2D eigenvalue weighted by Gasteiger charge is 2.37. The van der Waals surface area contributed by atoms with Gasteiger partial charge in [0.2, 0.25) is 0 Å². The molecule has 7 heteroatoms. The van der Waals surface area contributed by atoms with Crippen LogP contribution in [-0.2, 0) is 6.18 Å². The van der Waals surface area contributed by atoms with Crippen molar-refractivity contribution < 1.29 is 23.0 Å². The Kier molecular flexibility index (Phi) is 3.10. The van der Waals surface area contributed by atoms with Gasteiger partial charge in [0, 0.05) is 5.39 Å². The lowest BCUT2D eigenvalue weighted by Gasteiger charge is -2.12. The number of methoxy groups -OCH3 is 1. The monoisotopic (exact) mass is 321 g/mol. The maximum Gasteiger partial charge on any atom is 0.437 e. The second-order valence-corrected chi connectivity index (χ2v) is 4.30. The van der Waals surface area contributed by atoms with E-state index in [0.717, 1.165) is 0 Å². The molecule has 0 fully saturated rings. The minimum Gasteiger partial charge on any atom is -0.505 e. The number of pyridine rings is 1. The quantitative estimate of drug-likeness (QED) is 0.870. The first-order valence-electron chi connectivity index (χ1n) is 4.78. The normalized spacial score (nSPS) is 11.8. The zero-order chi connectivity index (χ0) is 13.5. The number of aromatic nitrogens is 1. The van der Waals surface area contributed by atoms with Crippen molar-refractivity contribution in [3.05, 3.63) is 28.4 Å². The third kappa shape index (κ3) is 2.10. The Morgan fingerprint density at radius 2 is 2.00 bits per heavy atom. The molecule has 1 N–H and O–H groups in total. The zero-order valence-electron chi connectivity index (χ0n) is 9.05. The minimum absolute atomic E-state index is 0.0567. The molecule has 0 unspecified atom stereocenters. The van der Waals surface area contributed by atoms with Crippen molar-refractivity contribution in [3.63, 3.8) is 0 Å². The van der Waals surface area contributed by atoms with Gasteiger partial charge in [-0.25, -0.2) is 4.98 Å². The number of halogens is 4. The van der Waals surface area contributed by atoms with Crippen molar-refractivity contribution >= 4 is 26.8 Å². The van der Waals surface area contributed by atoms with Crippen LogP contribution in [0.1, 0.15) is 5.69 Å². The summed E-state index contributed by atoms with van der Waals surface area (Å²) in [5, 5.41) is 9.87. The number of hydrogen-bond donors (Lipinski definition) is 1. The van der Waals surface area contributed by atoms with Crippen LogP contribution in [0, 0.1) is 0 Å². The maximum absolute atomic E-state index is 12.6. The van der Waals surface area contributed by atoms with Crippen molar-refractivity contribution in [1.82, 2.24) is 4.98 Å². The Bertz CT molecular complexity index is 613. The van der Waals surface area contributed by atoms with Crippen LogP contribution in [0.5, 0.6) is 11.5 Å². The molecule has 0 saturated carbocycles. The van der Waals surface area contributed by atoms with E-state index < -0.39 is 17.6 Å². The predicted molar refractivity (Wildman–Crippen MR) is 62.7 cm³/mol. The predicted octanol–water partition coefficient (Wildman–Crippen LogP) is 3.73. The molecule has 18 heavy (non-hydrogen) atoms. The van der Waals surface area contributed by atoms with E-state index in [9.17, 15) is 18.3 Å². The van der Waals surface area contributed by atoms with Crippen LogP contribution in [0.2, 0.25) is 0 Å². The molecular formula is C11H7BrF3NO2. The fourth-order valence-electron chi connectivity index (χ4n) is 1.52. The van der Waals surface area contributed by atoms with Crippen LogP contribution in [0.25, 0.3) is 10.9 Å². The lowest BCUT2D eigenvalue weighted by molar-refractivity contribution is -0.142. The molecule has 0 atom stereocenters. The van der Waals surface area contributed by atoms with Gasteiger partial charge in [0.1, 0.15) is 5.75 Å². The van der Waals surface area contributed by atoms with Crippen LogP contribution in [0.3, 0.4) is 0 Å². The first-order chi connectivity index (χ1) is 8.34. The van der Waals surface area contributed by atoms with Crippen LogP contribution < -0.4 is 4.74 Å². The van der Waals surface area contributed by atoms with E-state index in [0.29, 0.717) is 11.1 Å². The van der Waals surface area contributed by atoms with E-state index in [-0.39, 0.29) is 9.99 Å². The van der Waals surface area contributed by atoms with E-state index in [1.807, 2.05) is 0 Å². The second kappa shape index (κ2) is 4.31. The van der Waals surface area contributed by atoms with Gasteiger partial charge in [-0.05, 0) is 34.1 Å². The Balaban J connectivity index is 2.79. The van der Waals surface area contributed by atoms with Gasteiger partial charge < -0.3 is 9.84 Å². The molecule has 0 radical (unpaired) electrons. The number of hydrogen-bond acceptors (Lipinski definition) is 3. The number of benzene rings is 1. The summed E-state index contributed by atoms with van der Waals surface area (Å²) < 4.78 is 42.8. The van der Waals surface area contributed by atoms with Crippen molar-refractivity contribution in [2.45, 2.75) is 6.18 Å². The average Bonchev–Trinajstić information content (AvgIpc) is 2.32. The van der Waals surface area contributed by atoms with Gasteiger partial charge in [-0.3, -0.25) is 0 Å². The molecule has 0 spiro atoms. The number of fused-ring (bicyclic) bond motifs is 1. The number of alkyl halides is 3. The average molecular weight is 322 g/mol. The van der Waals surface area contributed by atoms with E-state index in [1.165, 1.54) is 25.3 Å². The smallest absolute Gasteiger partial charge is 0.437 e. The molecule has 1 heterocycles. The Hall–Kier alpha value is -1.50. The minimum atomic E-state index is -4.71. The summed E-state index contributed by atoms with van der Waals surface area (Å²) in [6, 6.07) is 4.39. The van der Waals surface area contributed by atoms with Gasteiger partial charge in [0.25, 0.3) is 0 Å². The van der Waals surface area contributed by atoms with E-state index in [2.05, 4.69) is 20.9 Å². The third-order valence-corrected chi connectivity index (χ3v) is 3.18. The van der Waals surface area contributed by atoms with Crippen LogP contribution in [0.15, 0.2) is 22.7 Å². The van der Waals surface area contributed by atoms with Crippen LogP contribution >= 0.6 is 15.9 Å². The first kappa shape index (κ1) is 12.9. The second-order valence-electron chi connectivity index (χ2n) is 3.50. The summed E-state index contributed by atoms with van der Waals surface area (Å²) >= 11 is 2.94. The zero-order valence-corrected chi connectivity index (χ0v) is 10.6. The summed E-state index contributed by atoms with van der Waals surface area (Å²) in [4.78, 5) is 3.42. The van der Waals surface area contributed by atoms with Crippen molar-refractivity contribution in [3.8, 4) is 11.5 Å². The molecule has 0 aliphatic rings. The van der Waals surface area contributed by atoms with Crippen LogP contribution in [-0.4, -0.2) is 17.2 Å². The van der Waals surface area contributed by atoms with Gasteiger partial charge in [-0.15, -0.1) is 0 Å². The highest BCUT2D eigenvalue weighted by molar-refractivity contribution is 9.10. The molecule has 2 rings (SSSR count). The van der Waals surface area contributed by atoms with Crippen LogP contribution in [0.4, 0.5) is 13.2 Å². The molecule has 0 aliphatic heterocycles. The molecule has 0 aliphatic carbocycles. The lowest BCUT2D eigenvalue weighted by Crippen LogP contribution is -2.08. The standard InChI is InChI=1S/C11H7BrF3NO2/c1-18-5-2-3-7-6(4-5)8(12)9(17)10(16-7)11(13,14)15/h2-4,17H,1H3. The Morgan fingerprint density at radius 1 is 1.33 bits per heavy atom. The molecule has 3 nitrogen and oxygen atoms in total. The number of nitrogens with zero attached hydrogens (tertiary/aromatic N) is 1. The largest absolute Gasteiger partial charge is 0.505 e. The molecule has 1 aromatic carbocycles. The lowest BCUT2D eigenvalue weighted by atomic mass is 10.1. The summed E-state index contributed by atoms with van der Waals surface area (Å²) in [6.07, 6.45) is -4.71. The van der Waals surface area contributed by atoms with Gasteiger partial charge in [-0.1, -0.05) is 0 Å². The number of aromatic hydroxyl groups is 1. The summed E-state index contributed by atoms with van der Waals surface area (Å²) in [6.45, 7) is 0. The fraction of sp³-hybridized carbons (Fsp3) is 0.182.